The maximum absolute atomic E-state index is 13.5. The van der Waals surface area contributed by atoms with E-state index in [9.17, 15) is 18.0 Å². The third kappa shape index (κ3) is 6.61. The van der Waals surface area contributed by atoms with E-state index in [0.717, 1.165) is 5.56 Å². The third-order valence-electron chi connectivity index (χ3n) is 6.24. The van der Waals surface area contributed by atoms with Crippen LogP contribution in [0.5, 0.6) is 17.2 Å². The van der Waals surface area contributed by atoms with Crippen LogP contribution >= 0.6 is 11.6 Å². The Morgan fingerprint density at radius 3 is 2.37 bits per heavy atom. The zero-order chi connectivity index (χ0) is 25.8. The van der Waals surface area contributed by atoms with Gasteiger partial charge in [0.25, 0.3) is 5.92 Å². The second-order valence-corrected chi connectivity index (χ2v) is 9.26. The number of methoxy groups -OCH3 is 1. The van der Waals surface area contributed by atoms with Gasteiger partial charge in [-0.25, -0.2) is 13.2 Å². The lowest BCUT2D eigenvalue weighted by Gasteiger charge is -2.23. The molecule has 2 aromatic carbocycles. The van der Waals surface area contributed by atoms with Gasteiger partial charge in [0.2, 0.25) is 5.75 Å². The summed E-state index contributed by atoms with van der Waals surface area (Å²) in [6.07, 6.45) is 0.415. The van der Waals surface area contributed by atoms with E-state index < -0.39 is 5.92 Å². The van der Waals surface area contributed by atoms with Crippen LogP contribution in [0, 0.1) is 12.7 Å². The monoisotopic (exact) mass is 513 g/mol. The number of benzene rings is 2. The summed E-state index contributed by atoms with van der Waals surface area (Å²) in [5.41, 5.74) is 1.72. The Balaban J connectivity index is 1.80. The fraction of sp³-hybridized carbons (Fsp3) is 0.500. The van der Waals surface area contributed by atoms with Crippen LogP contribution in [0.15, 0.2) is 24.3 Å². The number of hydrogen-bond acceptors (Lipinski definition) is 5. The lowest BCUT2D eigenvalue weighted by molar-refractivity contribution is 0.0112. The van der Waals surface area contributed by atoms with Crippen LogP contribution in [0.3, 0.4) is 0 Å². The molecule has 0 spiro atoms. The first-order valence-corrected chi connectivity index (χ1v) is 11.9. The fourth-order valence-electron chi connectivity index (χ4n) is 4.21. The molecule has 1 fully saturated rings. The van der Waals surface area contributed by atoms with Crippen LogP contribution < -0.4 is 14.2 Å². The van der Waals surface area contributed by atoms with E-state index >= 15 is 0 Å². The Hall–Kier alpha value is -2.45. The normalized spacial score (nSPS) is 16.2. The zero-order valence-electron chi connectivity index (χ0n) is 20.4. The van der Waals surface area contributed by atoms with Crippen LogP contribution in [0.2, 0.25) is 5.02 Å². The number of rotatable bonds is 11. The van der Waals surface area contributed by atoms with Gasteiger partial charge in [-0.2, -0.15) is 0 Å². The number of alkyl halides is 2. The largest absolute Gasteiger partial charge is 0.491 e. The van der Waals surface area contributed by atoms with E-state index in [-0.39, 0.29) is 84.6 Å². The molecule has 0 saturated carbocycles. The van der Waals surface area contributed by atoms with Crippen LogP contribution in [-0.4, -0.2) is 56.6 Å². The van der Waals surface area contributed by atoms with Gasteiger partial charge in [-0.05, 0) is 49.4 Å². The number of Topliss-reactive ketones (excluding diaryl/α,β-unsaturated/α-hetero) is 1. The number of ketones is 1. The molecular weight excluding hydrogens is 483 g/mol. The molecule has 0 aromatic heterocycles. The van der Waals surface area contributed by atoms with Gasteiger partial charge in [-0.3, -0.25) is 9.69 Å². The number of hydrogen-bond donors (Lipinski definition) is 0. The first-order chi connectivity index (χ1) is 16.5. The number of carbonyl (C=O) groups excluding carboxylic acids is 1. The van der Waals surface area contributed by atoms with Crippen molar-refractivity contribution < 1.29 is 32.2 Å². The van der Waals surface area contributed by atoms with E-state index in [1.54, 1.807) is 24.0 Å². The summed E-state index contributed by atoms with van der Waals surface area (Å²) >= 11 is 6.50. The first kappa shape index (κ1) is 27.1. The van der Waals surface area contributed by atoms with Crippen LogP contribution in [-0.2, 0) is 0 Å². The second kappa shape index (κ2) is 11.5. The second-order valence-electron chi connectivity index (χ2n) is 8.88. The fourth-order valence-corrected chi connectivity index (χ4v) is 4.47. The van der Waals surface area contributed by atoms with Crippen molar-refractivity contribution in [2.45, 2.75) is 45.5 Å². The number of nitrogens with zero attached hydrogens (tertiary/aromatic N) is 1. The molecule has 2 aromatic rings. The quantitative estimate of drug-likeness (QED) is 0.330. The topological polar surface area (TPSA) is 48.0 Å². The Morgan fingerprint density at radius 1 is 1.14 bits per heavy atom. The van der Waals surface area contributed by atoms with Crippen LogP contribution in [0.25, 0.3) is 0 Å². The smallest absolute Gasteiger partial charge is 0.261 e. The highest BCUT2D eigenvalue weighted by Gasteiger charge is 2.38. The van der Waals surface area contributed by atoms with Gasteiger partial charge in [0, 0.05) is 19.5 Å². The Morgan fingerprint density at radius 2 is 1.80 bits per heavy atom. The highest BCUT2D eigenvalue weighted by molar-refractivity contribution is 6.34. The number of likely N-dealkylation sites (tertiary alicyclic amines) is 1. The molecule has 1 aliphatic rings. The summed E-state index contributed by atoms with van der Waals surface area (Å²) in [6.45, 7) is 5.67. The minimum absolute atomic E-state index is 0.0796. The van der Waals surface area contributed by atoms with Gasteiger partial charge in [-0.1, -0.05) is 30.7 Å². The summed E-state index contributed by atoms with van der Waals surface area (Å²) in [4.78, 5) is 14.1. The molecule has 0 amide bonds. The number of carbonyl (C=O) groups is 1. The molecule has 35 heavy (non-hydrogen) atoms. The number of ether oxygens (including phenoxy) is 3. The van der Waals surface area contributed by atoms with Gasteiger partial charge >= 0.3 is 0 Å². The predicted octanol–water partition coefficient (Wildman–Crippen LogP) is 6.29. The Kier molecular flexibility index (Phi) is 8.94. The predicted molar refractivity (Wildman–Crippen MR) is 129 cm³/mol. The summed E-state index contributed by atoms with van der Waals surface area (Å²) in [5.74, 6) is -2.54. The molecule has 1 saturated heterocycles. The van der Waals surface area contributed by atoms with Gasteiger partial charge in [-0.15, -0.1) is 0 Å². The van der Waals surface area contributed by atoms with E-state index in [4.69, 9.17) is 25.8 Å². The average Bonchev–Trinajstić information content (AvgIpc) is 3.15. The van der Waals surface area contributed by atoms with E-state index in [2.05, 4.69) is 0 Å². The zero-order valence-corrected chi connectivity index (χ0v) is 21.2. The van der Waals surface area contributed by atoms with Crippen molar-refractivity contribution in [3.63, 3.8) is 0 Å². The highest BCUT2D eigenvalue weighted by Crippen LogP contribution is 2.48. The molecule has 9 heteroatoms. The van der Waals surface area contributed by atoms with E-state index in [1.807, 2.05) is 6.92 Å². The lowest BCUT2D eigenvalue weighted by atomic mass is 9.98. The molecule has 1 unspecified atom stereocenters. The molecule has 5 nitrogen and oxygen atoms in total. The minimum Gasteiger partial charge on any atom is -0.491 e. The maximum Gasteiger partial charge on any atom is 0.261 e. The molecule has 1 atom stereocenters. The first-order valence-electron chi connectivity index (χ1n) is 11.6. The van der Waals surface area contributed by atoms with Crippen molar-refractivity contribution in [2.75, 3.05) is 40.0 Å². The Labute approximate surface area is 209 Å². The SMILES string of the molecule is COc1c(Cl)c(C)c(C(C)=O)c(OCCN2CCC(F)(F)C2)c1OCCC(C)c1ccc(F)cc1. The van der Waals surface area contributed by atoms with Gasteiger partial charge in [0.1, 0.15) is 12.4 Å². The maximum atomic E-state index is 13.5. The summed E-state index contributed by atoms with van der Waals surface area (Å²) in [6, 6.07) is 6.29. The van der Waals surface area contributed by atoms with Crippen LogP contribution in [0.1, 0.15) is 54.1 Å². The van der Waals surface area contributed by atoms with Crippen molar-refractivity contribution >= 4 is 17.4 Å². The molecule has 192 valence electrons. The third-order valence-corrected chi connectivity index (χ3v) is 6.69. The molecular formula is C26H31ClF3NO4. The van der Waals surface area contributed by atoms with Crippen molar-refractivity contribution in [1.82, 2.24) is 4.90 Å². The Bertz CT molecular complexity index is 1050. The summed E-state index contributed by atoms with van der Waals surface area (Å²) in [5, 5.41) is 0.241. The average molecular weight is 514 g/mol. The van der Waals surface area contributed by atoms with Gasteiger partial charge in [0.05, 0.1) is 30.8 Å². The molecule has 0 aliphatic carbocycles. The van der Waals surface area contributed by atoms with E-state index in [1.165, 1.54) is 26.2 Å². The van der Waals surface area contributed by atoms with E-state index in [0.29, 0.717) is 12.0 Å². The minimum atomic E-state index is -2.69. The van der Waals surface area contributed by atoms with Gasteiger partial charge < -0.3 is 14.2 Å². The molecule has 3 rings (SSSR count). The molecule has 0 radical (unpaired) electrons. The molecule has 1 aliphatic heterocycles. The van der Waals surface area contributed by atoms with Gasteiger partial charge in [0.15, 0.2) is 17.3 Å². The van der Waals surface area contributed by atoms with Crippen molar-refractivity contribution in [3.8, 4) is 17.2 Å². The standard InChI is InChI=1S/C26H31ClF3NO4/c1-16(19-5-7-20(28)8-6-19)9-13-34-25-23(35-14-12-31-11-10-26(29,30)15-31)21(18(3)32)17(2)22(27)24(25)33-4/h5-8,16H,9-15H2,1-4H3. The lowest BCUT2D eigenvalue weighted by Crippen LogP contribution is -2.29. The van der Waals surface area contributed by atoms with Crippen molar-refractivity contribution in [3.05, 3.63) is 51.8 Å². The van der Waals surface area contributed by atoms with Crippen molar-refractivity contribution in [2.24, 2.45) is 0 Å². The molecule has 1 heterocycles. The number of halogens is 4. The molecule has 0 bridgehead atoms. The van der Waals surface area contributed by atoms with Crippen LogP contribution in [0.4, 0.5) is 13.2 Å². The summed E-state index contributed by atoms with van der Waals surface area (Å²) < 4.78 is 57.8. The molecule has 0 N–H and O–H groups in total. The highest BCUT2D eigenvalue weighted by atomic mass is 35.5. The van der Waals surface area contributed by atoms with Crippen molar-refractivity contribution in [1.29, 1.82) is 0 Å². The summed E-state index contributed by atoms with van der Waals surface area (Å²) in [7, 11) is 1.44.